The number of ether oxygens (including phenoxy) is 1. The molecule has 0 bridgehead atoms. The average Bonchev–Trinajstić information content (AvgIpc) is 3.49. The van der Waals surface area contributed by atoms with E-state index in [1.54, 1.807) is 24.3 Å². The lowest BCUT2D eigenvalue weighted by Gasteiger charge is -2.48. The second-order valence-electron chi connectivity index (χ2n) is 8.30. The van der Waals surface area contributed by atoms with E-state index < -0.39 is 24.1 Å². The molecule has 1 saturated heterocycles. The average molecular weight is 413 g/mol. The fourth-order valence-corrected chi connectivity index (χ4v) is 4.58. The van der Waals surface area contributed by atoms with E-state index in [0.717, 1.165) is 25.7 Å². The molecule has 0 aromatic heterocycles. The summed E-state index contributed by atoms with van der Waals surface area (Å²) in [6.07, 6.45) is 3.61. The van der Waals surface area contributed by atoms with Crippen molar-refractivity contribution in [3.63, 3.8) is 0 Å². The number of rotatable bonds is 7. The summed E-state index contributed by atoms with van der Waals surface area (Å²) in [4.78, 5) is 54.7. The summed E-state index contributed by atoms with van der Waals surface area (Å²) >= 11 is 0. The van der Waals surface area contributed by atoms with E-state index in [0.29, 0.717) is 11.3 Å². The van der Waals surface area contributed by atoms with E-state index in [2.05, 4.69) is 5.32 Å². The molecule has 2 fully saturated rings. The van der Waals surface area contributed by atoms with E-state index in [1.165, 1.54) is 9.80 Å². The molecule has 1 N–H and O–H groups in total. The highest BCUT2D eigenvalue weighted by Gasteiger charge is 2.64. The first kappa shape index (κ1) is 20.4. The minimum absolute atomic E-state index is 0.0185. The van der Waals surface area contributed by atoms with Crippen molar-refractivity contribution < 1.29 is 23.9 Å². The topological polar surface area (TPSA) is 96.0 Å². The lowest BCUT2D eigenvalue weighted by atomic mass is 9.96. The van der Waals surface area contributed by atoms with Crippen LogP contribution in [0.3, 0.4) is 0 Å². The molecule has 1 aromatic carbocycles. The molecule has 4 rings (SSSR count). The SMILES string of the molecule is CCC[C@H](C)NC(=O)COC(=O)[C@]12CCC(=O)N1c1ccccc1C(=O)N2C1CC1. The Bertz CT molecular complexity index is 897. The predicted molar refractivity (Wildman–Crippen MR) is 109 cm³/mol. The summed E-state index contributed by atoms with van der Waals surface area (Å²) < 4.78 is 5.41. The zero-order valence-corrected chi connectivity index (χ0v) is 17.3. The third-order valence-corrected chi connectivity index (χ3v) is 6.00. The molecule has 30 heavy (non-hydrogen) atoms. The number of carbonyl (C=O) groups excluding carboxylic acids is 4. The van der Waals surface area contributed by atoms with Gasteiger partial charge in [0.05, 0.1) is 11.3 Å². The molecule has 0 unspecified atom stereocenters. The monoisotopic (exact) mass is 413 g/mol. The highest BCUT2D eigenvalue weighted by Crippen LogP contribution is 2.49. The van der Waals surface area contributed by atoms with Gasteiger partial charge in [-0.25, -0.2) is 4.79 Å². The van der Waals surface area contributed by atoms with Crippen molar-refractivity contribution in [3.05, 3.63) is 29.8 Å². The number of para-hydroxylation sites is 1. The van der Waals surface area contributed by atoms with Crippen LogP contribution in [0.15, 0.2) is 24.3 Å². The second-order valence-corrected chi connectivity index (χ2v) is 8.30. The fraction of sp³-hybridized carbons (Fsp3) is 0.545. The van der Waals surface area contributed by atoms with E-state index in [9.17, 15) is 19.2 Å². The first-order chi connectivity index (χ1) is 14.4. The third kappa shape index (κ3) is 3.24. The lowest BCUT2D eigenvalue weighted by Crippen LogP contribution is -2.69. The summed E-state index contributed by atoms with van der Waals surface area (Å²) in [6.45, 7) is 3.48. The van der Waals surface area contributed by atoms with Gasteiger partial charge in [-0.2, -0.15) is 0 Å². The van der Waals surface area contributed by atoms with Crippen LogP contribution in [0, 0.1) is 0 Å². The van der Waals surface area contributed by atoms with Gasteiger partial charge in [-0.3, -0.25) is 19.3 Å². The van der Waals surface area contributed by atoms with Gasteiger partial charge < -0.3 is 15.0 Å². The molecule has 2 atom stereocenters. The number of carbonyl (C=O) groups is 4. The Kier molecular flexibility index (Phi) is 5.26. The molecule has 1 aliphatic carbocycles. The molecule has 1 saturated carbocycles. The summed E-state index contributed by atoms with van der Waals surface area (Å²) in [7, 11) is 0. The number of esters is 1. The maximum absolute atomic E-state index is 13.4. The third-order valence-electron chi connectivity index (χ3n) is 6.00. The van der Waals surface area contributed by atoms with Crippen molar-refractivity contribution in [2.24, 2.45) is 0 Å². The molecule has 3 amide bonds. The van der Waals surface area contributed by atoms with Crippen LogP contribution in [0.25, 0.3) is 0 Å². The van der Waals surface area contributed by atoms with Crippen LogP contribution in [0.5, 0.6) is 0 Å². The Morgan fingerprint density at radius 3 is 2.70 bits per heavy atom. The maximum Gasteiger partial charge on any atom is 0.354 e. The second kappa shape index (κ2) is 7.74. The molecule has 0 spiro atoms. The number of fused-ring (bicyclic) bond motifs is 3. The smallest absolute Gasteiger partial charge is 0.354 e. The molecular weight excluding hydrogens is 386 g/mol. The van der Waals surface area contributed by atoms with E-state index in [-0.39, 0.29) is 36.7 Å². The van der Waals surface area contributed by atoms with Gasteiger partial charge in [0.2, 0.25) is 11.6 Å². The van der Waals surface area contributed by atoms with Crippen molar-refractivity contribution in [1.29, 1.82) is 0 Å². The predicted octanol–water partition coefficient (Wildman–Crippen LogP) is 1.98. The summed E-state index contributed by atoms with van der Waals surface area (Å²) in [5.74, 6) is -1.60. The quantitative estimate of drug-likeness (QED) is 0.690. The molecule has 3 aliphatic rings. The van der Waals surface area contributed by atoms with Gasteiger partial charge in [-0.15, -0.1) is 0 Å². The van der Waals surface area contributed by atoms with Crippen LogP contribution in [0.1, 0.15) is 62.7 Å². The Balaban J connectivity index is 1.62. The first-order valence-electron chi connectivity index (χ1n) is 10.6. The van der Waals surface area contributed by atoms with Crippen molar-refractivity contribution in [2.75, 3.05) is 11.5 Å². The maximum atomic E-state index is 13.4. The summed E-state index contributed by atoms with van der Waals surface area (Å²) in [5, 5.41) is 2.80. The first-order valence-corrected chi connectivity index (χ1v) is 10.6. The molecule has 2 heterocycles. The van der Waals surface area contributed by atoms with Crippen molar-refractivity contribution in [1.82, 2.24) is 10.2 Å². The van der Waals surface area contributed by atoms with Gasteiger partial charge in [0.15, 0.2) is 6.61 Å². The van der Waals surface area contributed by atoms with Crippen LogP contribution >= 0.6 is 0 Å². The molecule has 2 aliphatic heterocycles. The van der Waals surface area contributed by atoms with Crippen LogP contribution in [-0.4, -0.2) is 52.9 Å². The van der Waals surface area contributed by atoms with Gasteiger partial charge in [-0.1, -0.05) is 25.5 Å². The fourth-order valence-electron chi connectivity index (χ4n) is 4.58. The number of benzene rings is 1. The molecule has 8 heteroatoms. The minimum Gasteiger partial charge on any atom is -0.452 e. The van der Waals surface area contributed by atoms with E-state index in [4.69, 9.17) is 4.74 Å². The number of nitrogens with one attached hydrogen (secondary N) is 1. The van der Waals surface area contributed by atoms with Crippen molar-refractivity contribution in [2.45, 2.75) is 70.1 Å². The molecular formula is C22H27N3O5. The van der Waals surface area contributed by atoms with Gasteiger partial charge in [0.1, 0.15) is 0 Å². The normalized spacial score (nSPS) is 23.7. The Hall–Kier alpha value is -2.90. The summed E-state index contributed by atoms with van der Waals surface area (Å²) in [5.41, 5.74) is -0.673. The van der Waals surface area contributed by atoms with E-state index in [1.807, 2.05) is 13.8 Å². The minimum atomic E-state index is -1.51. The van der Waals surface area contributed by atoms with Gasteiger partial charge in [-0.05, 0) is 38.3 Å². The van der Waals surface area contributed by atoms with E-state index >= 15 is 0 Å². The van der Waals surface area contributed by atoms with Crippen LogP contribution in [-0.2, 0) is 19.1 Å². The van der Waals surface area contributed by atoms with Gasteiger partial charge in [0, 0.05) is 24.9 Å². The molecule has 8 nitrogen and oxygen atoms in total. The Morgan fingerprint density at radius 1 is 1.27 bits per heavy atom. The summed E-state index contributed by atoms with van der Waals surface area (Å²) in [6, 6.07) is 6.72. The molecule has 160 valence electrons. The molecule has 0 radical (unpaired) electrons. The number of amides is 3. The van der Waals surface area contributed by atoms with Crippen molar-refractivity contribution in [3.8, 4) is 0 Å². The standard InChI is InChI=1S/C22H27N3O5/c1-3-6-14(2)23-18(26)13-30-21(29)22-12-11-19(27)25(22)17-8-5-4-7-16(17)20(28)24(22)15-9-10-15/h4-5,7-8,14-15H,3,6,9-13H2,1-2H3,(H,23,26)/t14-,22-/m0/s1. The van der Waals surface area contributed by atoms with Gasteiger partial charge in [0.25, 0.3) is 11.8 Å². The zero-order chi connectivity index (χ0) is 21.5. The zero-order valence-electron chi connectivity index (χ0n) is 17.3. The highest BCUT2D eigenvalue weighted by molar-refractivity contribution is 6.15. The number of anilines is 1. The van der Waals surface area contributed by atoms with Gasteiger partial charge >= 0.3 is 5.97 Å². The van der Waals surface area contributed by atoms with Crippen LogP contribution in [0.2, 0.25) is 0 Å². The lowest BCUT2D eigenvalue weighted by molar-refractivity contribution is -0.160. The number of hydrogen-bond donors (Lipinski definition) is 1. The largest absolute Gasteiger partial charge is 0.452 e. The Labute approximate surface area is 175 Å². The molecule has 1 aromatic rings. The Morgan fingerprint density at radius 2 is 2.00 bits per heavy atom. The van der Waals surface area contributed by atoms with Crippen LogP contribution < -0.4 is 10.2 Å². The number of nitrogens with zero attached hydrogens (tertiary/aromatic N) is 2. The van der Waals surface area contributed by atoms with Crippen LogP contribution in [0.4, 0.5) is 5.69 Å². The van der Waals surface area contributed by atoms with Crippen molar-refractivity contribution >= 4 is 29.4 Å². The number of hydrogen-bond acceptors (Lipinski definition) is 5. The highest BCUT2D eigenvalue weighted by atomic mass is 16.5.